The third-order valence-electron chi connectivity index (χ3n) is 1.87. The van der Waals surface area contributed by atoms with Crippen molar-refractivity contribution in [3.05, 3.63) is 18.0 Å². The second-order valence-corrected chi connectivity index (χ2v) is 4.50. The van der Waals surface area contributed by atoms with Crippen LogP contribution in [0.1, 0.15) is 19.4 Å². The second-order valence-electron chi connectivity index (χ2n) is 4.24. The minimum absolute atomic E-state index is 0.0653. The van der Waals surface area contributed by atoms with Crippen molar-refractivity contribution in [2.75, 3.05) is 17.7 Å². The van der Waals surface area contributed by atoms with E-state index in [1.165, 1.54) is 0 Å². The molecule has 4 heteroatoms. The van der Waals surface area contributed by atoms with Crippen LogP contribution < -0.4 is 5.32 Å². The van der Waals surface area contributed by atoms with E-state index in [2.05, 4.69) is 29.1 Å². The maximum atomic E-state index is 5.80. The summed E-state index contributed by atoms with van der Waals surface area (Å²) in [7, 11) is 0. The fourth-order valence-electron chi connectivity index (χ4n) is 0.849. The molecule has 1 aromatic rings. The van der Waals surface area contributed by atoms with E-state index in [1.54, 1.807) is 12.4 Å². The fourth-order valence-corrected chi connectivity index (χ4v) is 0.944. The average molecular weight is 214 g/mol. The van der Waals surface area contributed by atoms with Crippen molar-refractivity contribution in [3.8, 4) is 0 Å². The molecule has 0 bridgehead atoms. The highest BCUT2D eigenvalue weighted by Crippen LogP contribution is 2.16. The molecule has 0 radical (unpaired) electrons. The Bertz CT molecular complexity index is 282. The number of aryl methyl sites for hydroxylation is 1. The largest absolute Gasteiger partial charge is 0.354 e. The first kappa shape index (κ1) is 11.2. The van der Waals surface area contributed by atoms with E-state index >= 15 is 0 Å². The average Bonchev–Trinajstić information content (AvgIpc) is 2.17. The van der Waals surface area contributed by atoms with E-state index < -0.39 is 0 Å². The minimum Gasteiger partial charge on any atom is -0.354 e. The summed E-state index contributed by atoms with van der Waals surface area (Å²) in [5, 5.41) is 3.16. The number of hydrogen-bond donors (Lipinski definition) is 1. The number of alkyl halides is 1. The lowest BCUT2D eigenvalue weighted by Gasteiger charge is -2.21. The minimum atomic E-state index is 0.0653. The Labute approximate surface area is 89.9 Å². The van der Waals surface area contributed by atoms with E-state index in [9.17, 15) is 0 Å². The molecule has 0 saturated carbocycles. The molecule has 0 atom stereocenters. The lowest BCUT2D eigenvalue weighted by atomic mass is 9.97. The summed E-state index contributed by atoms with van der Waals surface area (Å²) in [6, 6.07) is 0. The summed E-state index contributed by atoms with van der Waals surface area (Å²) in [5.41, 5.74) is 1.13. The van der Waals surface area contributed by atoms with Crippen molar-refractivity contribution >= 4 is 17.5 Å². The van der Waals surface area contributed by atoms with Crippen LogP contribution >= 0.6 is 11.6 Å². The molecule has 0 fully saturated rings. The first-order chi connectivity index (χ1) is 6.53. The third-order valence-corrected chi connectivity index (χ3v) is 2.59. The number of nitrogens with one attached hydrogen (secondary N) is 1. The van der Waals surface area contributed by atoms with Crippen LogP contribution in [-0.4, -0.2) is 22.4 Å². The summed E-state index contributed by atoms with van der Waals surface area (Å²) >= 11 is 5.80. The van der Waals surface area contributed by atoms with Gasteiger partial charge in [-0.2, -0.15) is 0 Å². The molecule has 78 valence electrons. The summed E-state index contributed by atoms with van der Waals surface area (Å²) < 4.78 is 0. The van der Waals surface area contributed by atoms with Crippen LogP contribution in [0.4, 0.5) is 5.95 Å². The molecule has 0 unspecified atom stereocenters. The topological polar surface area (TPSA) is 37.8 Å². The predicted molar refractivity (Wildman–Crippen MR) is 59.8 cm³/mol. The van der Waals surface area contributed by atoms with Gasteiger partial charge >= 0.3 is 0 Å². The molecule has 0 aliphatic carbocycles. The fraction of sp³-hybridized carbons (Fsp3) is 0.600. The normalized spacial score (nSPS) is 11.4. The molecule has 1 heterocycles. The zero-order valence-electron chi connectivity index (χ0n) is 8.84. The molecule has 1 rings (SSSR count). The van der Waals surface area contributed by atoms with Gasteiger partial charge in [-0.05, 0) is 17.9 Å². The van der Waals surface area contributed by atoms with Crippen molar-refractivity contribution in [1.82, 2.24) is 9.97 Å². The molecule has 1 aromatic heterocycles. The highest BCUT2D eigenvalue weighted by molar-refractivity contribution is 6.18. The molecule has 0 aromatic carbocycles. The summed E-state index contributed by atoms with van der Waals surface area (Å²) in [5.74, 6) is 1.28. The smallest absolute Gasteiger partial charge is 0.222 e. The molecule has 14 heavy (non-hydrogen) atoms. The maximum absolute atomic E-state index is 5.80. The van der Waals surface area contributed by atoms with E-state index in [0.29, 0.717) is 11.8 Å². The SMILES string of the molecule is Cc1cnc(NCC(C)(C)CCl)nc1. The van der Waals surface area contributed by atoms with E-state index in [4.69, 9.17) is 11.6 Å². The number of nitrogens with zero attached hydrogens (tertiary/aromatic N) is 2. The quantitative estimate of drug-likeness (QED) is 0.781. The van der Waals surface area contributed by atoms with Gasteiger partial charge in [-0.25, -0.2) is 9.97 Å². The molecule has 0 aliphatic heterocycles. The summed E-state index contributed by atoms with van der Waals surface area (Å²) in [6.07, 6.45) is 3.59. The summed E-state index contributed by atoms with van der Waals surface area (Å²) in [4.78, 5) is 8.30. The van der Waals surface area contributed by atoms with E-state index in [0.717, 1.165) is 12.1 Å². The van der Waals surface area contributed by atoms with E-state index in [-0.39, 0.29) is 5.41 Å². The maximum Gasteiger partial charge on any atom is 0.222 e. The Morgan fingerprint density at radius 2 is 1.93 bits per heavy atom. The molecule has 0 aliphatic rings. The van der Waals surface area contributed by atoms with Gasteiger partial charge in [0, 0.05) is 24.8 Å². The first-order valence-electron chi connectivity index (χ1n) is 4.62. The number of aromatic nitrogens is 2. The molecule has 0 amide bonds. The van der Waals surface area contributed by atoms with Crippen molar-refractivity contribution in [3.63, 3.8) is 0 Å². The monoisotopic (exact) mass is 213 g/mol. The van der Waals surface area contributed by atoms with Gasteiger partial charge in [-0.15, -0.1) is 11.6 Å². The predicted octanol–water partition coefficient (Wildman–Crippen LogP) is 2.46. The van der Waals surface area contributed by atoms with Gasteiger partial charge in [-0.3, -0.25) is 0 Å². The van der Waals surface area contributed by atoms with Gasteiger partial charge < -0.3 is 5.32 Å². The van der Waals surface area contributed by atoms with Crippen molar-refractivity contribution in [2.24, 2.45) is 5.41 Å². The van der Waals surface area contributed by atoms with Crippen LogP contribution in [0.2, 0.25) is 0 Å². The number of halogens is 1. The molecule has 0 spiro atoms. The molecule has 0 saturated heterocycles. The van der Waals surface area contributed by atoms with Gasteiger partial charge in [0.2, 0.25) is 5.95 Å². The van der Waals surface area contributed by atoms with Crippen LogP contribution in [-0.2, 0) is 0 Å². The van der Waals surface area contributed by atoms with Gasteiger partial charge in [0.15, 0.2) is 0 Å². The lowest BCUT2D eigenvalue weighted by molar-refractivity contribution is 0.449. The molecular weight excluding hydrogens is 198 g/mol. The number of hydrogen-bond acceptors (Lipinski definition) is 3. The van der Waals surface area contributed by atoms with Crippen LogP contribution in [0.5, 0.6) is 0 Å². The van der Waals surface area contributed by atoms with Gasteiger partial charge in [0.25, 0.3) is 0 Å². The molecular formula is C10H16ClN3. The van der Waals surface area contributed by atoms with Crippen LogP contribution in [0.3, 0.4) is 0 Å². The second kappa shape index (κ2) is 4.60. The highest BCUT2D eigenvalue weighted by atomic mass is 35.5. The lowest BCUT2D eigenvalue weighted by Crippen LogP contribution is -2.25. The van der Waals surface area contributed by atoms with Gasteiger partial charge in [0.1, 0.15) is 0 Å². The third kappa shape index (κ3) is 3.50. The summed E-state index contributed by atoms with van der Waals surface area (Å²) in [6.45, 7) is 6.94. The van der Waals surface area contributed by atoms with Gasteiger partial charge in [0.05, 0.1) is 0 Å². The zero-order chi connectivity index (χ0) is 10.6. The Kier molecular flexibility index (Phi) is 3.69. The standard InChI is InChI=1S/C10H16ClN3/c1-8-4-12-9(13-5-8)14-7-10(2,3)6-11/h4-5H,6-7H2,1-3H3,(H,12,13,14). The van der Waals surface area contributed by atoms with Crippen LogP contribution in [0.25, 0.3) is 0 Å². The van der Waals surface area contributed by atoms with Crippen molar-refractivity contribution in [2.45, 2.75) is 20.8 Å². The molecule has 3 nitrogen and oxygen atoms in total. The van der Waals surface area contributed by atoms with E-state index in [1.807, 2.05) is 6.92 Å². The Morgan fingerprint density at radius 1 is 1.36 bits per heavy atom. The Hall–Kier alpha value is -0.830. The highest BCUT2D eigenvalue weighted by Gasteiger charge is 2.16. The van der Waals surface area contributed by atoms with Crippen LogP contribution in [0, 0.1) is 12.3 Å². The Balaban J connectivity index is 2.50. The van der Waals surface area contributed by atoms with Crippen molar-refractivity contribution < 1.29 is 0 Å². The van der Waals surface area contributed by atoms with Crippen molar-refractivity contribution in [1.29, 1.82) is 0 Å². The number of anilines is 1. The van der Waals surface area contributed by atoms with Crippen LogP contribution in [0.15, 0.2) is 12.4 Å². The molecule has 1 N–H and O–H groups in total. The van der Waals surface area contributed by atoms with Gasteiger partial charge in [-0.1, -0.05) is 13.8 Å². The zero-order valence-corrected chi connectivity index (χ0v) is 9.60. The Morgan fingerprint density at radius 3 is 2.43 bits per heavy atom. The first-order valence-corrected chi connectivity index (χ1v) is 5.15. The number of rotatable bonds is 4.